The first-order valence-electron chi connectivity index (χ1n) is 8.09. The number of fused-ring (bicyclic) bond motifs is 1. The van der Waals surface area contributed by atoms with Crippen LogP contribution in [0.15, 0.2) is 47.4 Å². The molecule has 0 saturated heterocycles. The molecule has 1 aliphatic heterocycles. The van der Waals surface area contributed by atoms with Gasteiger partial charge in [-0.05, 0) is 47.7 Å². The van der Waals surface area contributed by atoms with Crippen LogP contribution in [0.5, 0.6) is 0 Å². The van der Waals surface area contributed by atoms with Crippen molar-refractivity contribution in [3.8, 4) is 0 Å². The zero-order valence-electron chi connectivity index (χ0n) is 13.7. The van der Waals surface area contributed by atoms with E-state index in [4.69, 9.17) is 5.11 Å². The fraction of sp³-hybridized carbons (Fsp3) is 0.278. The highest BCUT2D eigenvalue weighted by Crippen LogP contribution is 2.25. The minimum Gasteiger partial charge on any atom is -0.392 e. The number of aliphatic hydroxyl groups is 1. The van der Waals surface area contributed by atoms with Gasteiger partial charge in [-0.1, -0.05) is 24.3 Å². The van der Waals surface area contributed by atoms with Crippen molar-refractivity contribution in [1.82, 2.24) is 4.72 Å². The molecule has 0 saturated carbocycles. The molecule has 132 valence electrons. The van der Waals surface area contributed by atoms with Crippen LogP contribution in [0.1, 0.15) is 29.5 Å². The van der Waals surface area contributed by atoms with Crippen LogP contribution >= 0.6 is 0 Å². The maximum absolute atomic E-state index is 12.5. The summed E-state index contributed by atoms with van der Waals surface area (Å²) in [6.07, 6.45) is 1.81. The number of sulfonamides is 1. The number of benzene rings is 2. The van der Waals surface area contributed by atoms with Crippen LogP contribution in [0.2, 0.25) is 0 Å². The summed E-state index contributed by atoms with van der Waals surface area (Å²) in [7, 11) is -3.65. The Morgan fingerprint density at radius 2 is 1.76 bits per heavy atom. The Kier molecular flexibility index (Phi) is 5.17. The molecule has 6 nitrogen and oxygen atoms in total. The van der Waals surface area contributed by atoms with E-state index in [2.05, 4.69) is 10.0 Å². The van der Waals surface area contributed by atoms with Gasteiger partial charge in [-0.3, -0.25) is 4.79 Å². The number of carbonyl (C=O) groups is 1. The Bertz CT molecular complexity index is 876. The van der Waals surface area contributed by atoms with Gasteiger partial charge in [0.15, 0.2) is 0 Å². The fourth-order valence-electron chi connectivity index (χ4n) is 2.74. The zero-order chi connectivity index (χ0) is 17.9. The lowest BCUT2D eigenvalue weighted by atomic mass is 10.1. The molecule has 0 aliphatic carbocycles. The lowest BCUT2D eigenvalue weighted by Gasteiger charge is -2.11. The summed E-state index contributed by atoms with van der Waals surface area (Å²) in [5.41, 5.74) is 3.10. The molecule has 0 aromatic heterocycles. The van der Waals surface area contributed by atoms with Crippen LogP contribution in [0.25, 0.3) is 0 Å². The van der Waals surface area contributed by atoms with Crippen LogP contribution < -0.4 is 10.0 Å². The summed E-state index contributed by atoms with van der Waals surface area (Å²) in [5, 5.41) is 11.8. The monoisotopic (exact) mass is 360 g/mol. The van der Waals surface area contributed by atoms with Crippen molar-refractivity contribution >= 4 is 21.6 Å². The number of hydrogen-bond acceptors (Lipinski definition) is 4. The first kappa shape index (κ1) is 17.6. The van der Waals surface area contributed by atoms with Crippen molar-refractivity contribution in [3.05, 3.63) is 59.2 Å². The molecular weight excluding hydrogens is 340 g/mol. The Morgan fingerprint density at radius 1 is 1.04 bits per heavy atom. The number of hydrogen-bond donors (Lipinski definition) is 3. The number of anilines is 1. The van der Waals surface area contributed by atoms with Gasteiger partial charge in [0.1, 0.15) is 0 Å². The summed E-state index contributed by atoms with van der Waals surface area (Å²) < 4.78 is 27.6. The molecule has 2 aromatic rings. The third-order valence-corrected chi connectivity index (χ3v) is 5.58. The standard InChI is InChI=1S/C18H20N2O4S/c21-12-14-6-4-13(5-7-14)11-19-25(23,24)16-8-9-17-15(10-16)2-1-3-18(22)20-17/h4-10,19,21H,1-3,11-12H2,(H,20,22). The number of aliphatic hydroxyl groups excluding tert-OH is 1. The normalized spacial score (nSPS) is 14.5. The van der Waals surface area contributed by atoms with Gasteiger partial charge in [0.25, 0.3) is 0 Å². The van der Waals surface area contributed by atoms with E-state index in [1.165, 1.54) is 6.07 Å². The molecule has 3 rings (SSSR count). The molecule has 0 spiro atoms. The van der Waals surface area contributed by atoms with Gasteiger partial charge in [-0.15, -0.1) is 0 Å². The third-order valence-electron chi connectivity index (χ3n) is 4.18. The van der Waals surface area contributed by atoms with E-state index in [1.807, 2.05) is 0 Å². The second-order valence-electron chi connectivity index (χ2n) is 6.02. The van der Waals surface area contributed by atoms with Gasteiger partial charge in [0, 0.05) is 18.7 Å². The maximum Gasteiger partial charge on any atom is 0.240 e. The van der Waals surface area contributed by atoms with Gasteiger partial charge in [-0.2, -0.15) is 0 Å². The molecule has 1 aliphatic rings. The smallest absolute Gasteiger partial charge is 0.240 e. The number of aryl methyl sites for hydroxylation is 1. The summed E-state index contributed by atoms with van der Waals surface area (Å²) >= 11 is 0. The molecular formula is C18H20N2O4S. The van der Waals surface area contributed by atoms with E-state index in [-0.39, 0.29) is 24.0 Å². The highest BCUT2D eigenvalue weighted by molar-refractivity contribution is 7.89. The molecule has 0 bridgehead atoms. The predicted octanol–water partition coefficient (Wildman–Crippen LogP) is 1.93. The number of carbonyl (C=O) groups excluding carboxylic acids is 1. The summed E-state index contributed by atoms with van der Waals surface area (Å²) in [6.45, 7) is 0.125. The van der Waals surface area contributed by atoms with Gasteiger partial charge in [0.05, 0.1) is 11.5 Å². The molecule has 0 fully saturated rings. The van der Waals surface area contributed by atoms with E-state index in [9.17, 15) is 13.2 Å². The highest BCUT2D eigenvalue weighted by Gasteiger charge is 2.18. The Morgan fingerprint density at radius 3 is 2.48 bits per heavy atom. The van der Waals surface area contributed by atoms with Gasteiger partial charge in [-0.25, -0.2) is 13.1 Å². The molecule has 3 N–H and O–H groups in total. The number of rotatable bonds is 5. The fourth-order valence-corrected chi connectivity index (χ4v) is 3.81. The van der Waals surface area contributed by atoms with Crippen LogP contribution in [0, 0.1) is 0 Å². The number of nitrogens with one attached hydrogen (secondary N) is 2. The van der Waals surface area contributed by atoms with E-state index in [0.717, 1.165) is 16.7 Å². The topological polar surface area (TPSA) is 95.5 Å². The van der Waals surface area contributed by atoms with E-state index in [1.54, 1.807) is 36.4 Å². The maximum atomic E-state index is 12.5. The van der Waals surface area contributed by atoms with Crippen molar-refractivity contribution in [2.24, 2.45) is 0 Å². The molecule has 0 radical (unpaired) electrons. The SMILES string of the molecule is O=C1CCCc2cc(S(=O)(=O)NCc3ccc(CO)cc3)ccc2N1. The number of amides is 1. The van der Waals surface area contributed by atoms with Gasteiger partial charge in [0.2, 0.25) is 15.9 Å². The second kappa shape index (κ2) is 7.35. The van der Waals surface area contributed by atoms with Crippen molar-refractivity contribution in [2.75, 3.05) is 5.32 Å². The van der Waals surface area contributed by atoms with Gasteiger partial charge < -0.3 is 10.4 Å². The van der Waals surface area contributed by atoms with Crippen molar-refractivity contribution in [2.45, 2.75) is 37.3 Å². The molecule has 0 unspecified atom stereocenters. The average molecular weight is 360 g/mol. The van der Waals surface area contributed by atoms with Crippen LogP contribution in [-0.4, -0.2) is 19.4 Å². The van der Waals surface area contributed by atoms with Gasteiger partial charge >= 0.3 is 0 Å². The van der Waals surface area contributed by atoms with E-state index >= 15 is 0 Å². The zero-order valence-corrected chi connectivity index (χ0v) is 14.5. The van der Waals surface area contributed by atoms with E-state index < -0.39 is 10.0 Å². The minimum atomic E-state index is -3.65. The van der Waals surface area contributed by atoms with Crippen molar-refractivity contribution in [1.29, 1.82) is 0 Å². The third kappa shape index (κ3) is 4.25. The summed E-state index contributed by atoms with van der Waals surface area (Å²) in [4.78, 5) is 11.8. The highest BCUT2D eigenvalue weighted by atomic mass is 32.2. The minimum absolute atomic E-state index is 0.0428. The molecule has 0 atom stereocenters. The Hall–Kier alpha value is -2.22. The lowest BCUT2D eigenvalue weighted by Crippen LogP contribution is -2.23. The molecule has 2 aromatic carbocycles. The second-order valence-corrected chi connectivity index (χ2v) is 7.79. The lowest BCUT2D eigenvalue weighted by molar-refractivity contribution is -0.116. The largest absolute Gasteiger partial charge is 0.392 e. The van der Waals surface area contributed by atoms with Crippen LogP contribution in [0.4, 0.5) is 5.69 Å². The van der Waals surface area contributed by atoms with Crippen LogP contribution in [-0.2, 0) is 34.4 Å². The quantitative estimate of drug-likeness (QED) is 0.759. The molecule has 1 amide bonds. The molecule has 7 heteroatoms. The van der Waals surface area contributed by atoms with Crippen molar-refractivity contribution < 1.29 is 18.3 Å². The first-order chi connectivity index (χ1) is 12.0. The molecule has 25 heavy (non-hydrogen) atoms. The summed E-state index contributed by atoms with van der Waals surface area (Å²) in [5.74, 6) is -0.0428. The van der Waals surface area contributed by atoms with E-state index in [0.29, 0.717) is 24.9 Å². The van der Waals surface area contributed by atoms with Crippen molar-refractivity contribution in [3.63, 3.8) is 0 Å². The Balaban J connectivity index is 1.75. The average Bonchev–Trinajstić information content (AvgIpc) is 2.80. The predicted molar refractivity (Wildman–Crippen MR) is 94.4 cm³/mol. The first-order valence-corrected chi connectivity index (χ1v) is 9.57. The molecule has 1 heterocycles. The van der Waals surface area contributed by atoms with Crippen LogP contribution in [0.3, 0.4) is 0 Å². The Labute approximate surface area is 146 Å². The summed E-state index contributed by atoms with van der Waals surface area (Å²) in [6, 6.07) is 11.8.